The van der Waals surface area contributed by atoms with Crippen molar-refractivity contribution < 1.29 is 28.3 Å². The van der Waals surface area contributed by atoms with Gasteiger partial charge < -0.3 is 29.4 Å². The van der Waals surface area contributed by atoms with Crippen LogP contribution in [0, 0.1) is 0 Å². The van der Waals surface area contributed by atoms with Gasteiger partial charge >= 0.3 is 17.8 Å². The predicted molar refractivity (Wildman–Crippen MR) is 114 cm³/mol. The summed E-state index contributed by atoms with van der Waals surface area (Å²) in [6.45, 7) is 2.78. The highest BCUT2D eigenvalue weighted by molar-refractivity contribution is 6.40. The van der Waals surface area contributed by atoms with Crippen LogP contribution in [0.2, 0.25) is 0 Å². The molecule has 2 amide bonds. The molecule has 1 aromatic heterocycles. The van der Waals surface area contributed by atoms with E-state index in [-0.39, 0.29) is 0 Å². The molecule has 1 aliphatic rings. The lowest BCUT2D eigenvalue weighted by atomic mass is 10.1. The summed E-state index contributed by atoms with van der Waals surface area (Å²) >= 11 is 0. The van der Waals surface area contributed by atoms with E-state index >= 15 is 0 Å². The molecule has 0 bridgehead atoms. The maximum Gasteiger partial charge on any atom is 0.337 e. The number of benzene rings is 1. The number of nitrogens with zero attached hydrogens (tertiary/aromatic N) is 1. The van der Waals surface area contributed by atoms with Gasteiger partial charge in [0.25, 0.3) is 0 Å². The number of esters is 1. The fourth-order valence-electron chi connectivity index (χ4n) is 3.32. The highest BCUT2D eigenvalue weighted by Crippen LogP contribution is 2.30. The third-order valence-electron chi connectivity index (χ3n) is 4.89. The van der Waals surface area contributed by atoms with Gasteiger partial charge in [0, 0.05) is 26.2 Å². The summed E-state index contributed by atoms with van der Waals surface area (Å²) in [5.41, 5.74) is 1.49. The van der Waals surface area contributed by atoms with E-state index in [2.05, 4.69) is 15.5 Å². The standard InChI is InChI=1S/C22H27N3O6/c1-29-22(28)16-7-8-19(25-10-2-3-11-25)18(14-16)24-21(27)20(26)23-9-5-12-30-15-17-6-4-13-31-17/h4,6-8,13-14H,2-3,5,9-12,15H2,1H3,(H,23,26)(H,24,27). The average molecular weight is 429 g/mol. The number of hydrogen-bond acceptors (Lipinski definition) is 7. The first kappa shape index (κ1) is 22.4. The van der Waals surface area contributed by atoms with Crippen LogP contribution in [0.4, 0.5) is 11.4 Å². The van der Waals surface area contributed by atoms with Crippen molar-refractivity contribution in [1.82, 2.24) is 5.32 Å². The molecule has 1 aliphatic heterocycles. The van der Waals surface area contributed by atoms with Gasteiger partial charge in [0.15, 0.2) is 0 Å². The third kappa shape index (κ3) is 6.32. The highest BCUT2D eigenvalue weighted by atomic mass is 16.5. The second-order valence-corrected chi connectivity index (χ2v) is 7.11. The van der Waals surface area contributed by atoms with Gasteiger partial charge in [0.2, 0.25) is 0 Å². The van der Waals surface area contributed by atoms with Gasteiger partial charge in [-0.25, -0.2) is 4.79 Å². The summed E-state index contributed by atoms with van der Waals surface area (Å²) in [7, 11) is 1.29. The number of nitrogens with one attached hydrogen (secondary N) is 2. The van der Waals surface area contributed by atoms with Gasteiger partial charge in [-0.05, 0) is 49.6 Å². The van der Waals surface area contributed by atoms with Crippen molar-refractivity contribution in [2.75, 3.05) is 43.6 Å². The first-order valence-corrected chi connectivity index (χ1v) is 10.2. The lowest BCUT2D eigenvalue weighted by Gasteiger charge is -2.22. The topological polar surface area (TPSA) is 110 Å². The number of methoxy groups -OCH3 is 1. The van der Waals surface area contributed by atoms with Crippen molar-refractivity contribution in [2.24, 2.45) is 0 Å². The van der Waals surface area contributed by atoms with Crippen molar-refractivity contribution in [1.29, 1.82) is 0 Å². The number of hydrogen-bond donors (Lipinski definition) is 2. The van der Waals surface area contributed by atoms with E-state index in [1.54, 1.807) is 24.5 Å². The molecule has 1 aromatic carbocycles. The van der Waals surface area contributed by atoms with Crippen LogP contribution in [0.3, 0.4) is 0 Å². The number of carbonyl (C=O) groups is 3. The Bertz CT molecular complexity index is 891. The molecule has 2 N–H and O–H groups in total. The van der Waals surface area contributed by atoms with Crippen LogP contribution in [-0.4, -0.2) is 51.1 Å². The third-order valence-corrected chi connectivity index (χ3v) is 4.89. The fraction of sp³-hybridized carbons (Fsp3) is 0.409. The molecule has 2 heterocycles. The maximum absolute atomic E-state index is 12.4. The number of ether oxygens (including phenoxy) is 2. The van der Waals surface area contributed by atoms with E-state index in [9.17, 15) is 14.4 Å². The van der Waals surface area contributed by atoms with Crippen molar-refractivity contribution in [3.63, 3.8) is 0 Å². The highest BCUT2D eigenvalue weighted by Gasteiger charge is 2.21. The quantitative estimate of drug-likeness (QED) is 0.358. The molecular weight excluding hydrogens is 402 g/mol. The van der Waals surface area contributed by atoms with Crippen molar-refractivity contribution >= 4 is 29.2 Å². The zero-order valence-electron chi connectivity index (χ0n) is 17.5. The Morgan fingerprint density at radius 2 is 1.94 bits per heavy atom. The average Bonchev–Trinajstić information content (AvgIpc) is 3.49. The normalized spacial score (nSPS) is 13.1. The molecule has 0 saturated carbocycles. The Kier molecular flexibility index (Phi) is 8.05. The SMILES string of the molecule is COC(=O)c1ccc(N2CCCC2)c(NC(=O)C(=O)NCCCOCc2ccco2)c1. The van der Waals surface area contributed by atoms with Gasteiger partial charge in [-0.3, -0.25) is 9.59 Å². The number of anilines is 2. The van der Waals surface area contributed by atoms with Crippen LogP contribution in [0.15, 0.2) is 41.0 Å². The first-order valence-electron chi connectivity index (χ1n) is 10.2. The summed E-state index contributed by atoms with van der Waals surface area (Å²) in [6, 6.07) is 8.55. The van der Waals surface area contributed by atoms with Crippen LogP contribution in [0.25, 0.3) is 0 Å². The van der Waals surface area contributed by atoms with E-state index in [1.165, 1.54) is 13.2 Å². The van der Waals surface area contributed by atoms with Gasteiger partial charge in [0.1, 0.15) is 12.4 Å². The summed E-state index contributed by atoms with van der Waals surface area (Å²) in [5.74, 6) is -1.32. The minimum absolute atomic E-state index is 0.297. The predicted octanol–water partition coefficient (Wildman–Crippen LogP) is 2.33. The second kappa shape index (κ2) is 11.2. The molecule has 9 nitrogen and oxygen atoms in total. The molecular formula is C22H27N3O6. The molecule has 0 spiro atoms. The summed E-state index contributed by atoms with van der Waals surface area (Å²) in [4.78, 5) is 38.6. The minimum Gasteiger partial charge on any atom is -0.467 e. The Labute approximate surface area is 180 Å². The zero-order chi connectivity index (χ0) is 22.1. The minimum atomic E-state index is -0.793. The Morgan fingerprint density at radius 3 is 2.65 bits per heavy atom. The molecule has 0 unspecified atom stereocenters. The largest absolute Gasteiger partial charge is 0.467 e. The molecule has 31 heavy (non-hydrogen) atoms. The van der Waals surface area contributed by atoms with Gasteiger partial charge in [0.05, 0.1) is 30.3 Å². The number of rotatable bonds is 9. The van der Waals surface area contributed by atoms with Gasteiger partial charge in [-0.1, -0.05) is 0 Å². The summed E-state index contributed by atoms with van der Waals surface area (Å²) in [5, 5.41) is 5.21. The zero-order valence-corrected chi connectivity index (χ0v) is 17.5. The molecule has 166 valence electrons. The molecule has 1 saturated heterocycles. The Hall–Kier alpha value is -3.33. The lowest BCUT2D eigenvalue weighted by molar-refractivity contribution is -0.136. The maximum atomic E-state index is 12.4. The number of amides is 2. The van der Waals surface area contributed by atoms with Crippen LogP contribution < -0.4 is 15.5 Å². The van der Waals surface area contributed by atoms with E-state index in [4.69, 9.17) is 13.9 Å². The Balaban J connectivity index is 1.51. The second-order valence-electron chi connectivity index (χ2n) is 7.11. The van der Waals surface area contributed by atoms with Gasteiger partial charge in [-0.2, -0.15) is 0 Å². The lowest BCUT2D eigenvalue weighted by Crippen LogP contribution is -2.36. The molecule has 1 fully saturated rings. The van der Waals surface area contributed by atoms with Crippen molar-refractivity contribution in [3.8, 4) is 0 Å². The van der Waals surface area contributed by atoms with Crippen LogP contribution in [0.1, 0.15) is 35.4 Å². The molecule has 9 heteroatoms. The molecule has 0 aliphatic carbocycles. The van der Waals surface area contributed by atoms with Crippen LogP contribution >= 0.6 is 0 Å². The van der Waals surface area contributed by atoms with E-state index in [0.29, 0.717) is 37.4 Å². The fourth-order valence-corrected chi connectivity index (χ4v) is 3.32. The number of furan rings is 1. The smallest absolute Gasteiger partial charge is 0.337 e. The Morgan fingerprint density at radius 1 is 1.13 bits per heavy atom. The van der Waals surface area contributed by atoms with Crippen molar-refractivity contribution in [3.05, 3.63) is 47.9 Å². The molecule has 0 atom stereocenters. The summed E-state index contributed by atoms with van der Waals surface area (Å²) in [6.07, 6.45) is 4.23. The number of carbonyl (C=O) groups excluding carboxylic acids is 3. The van der Waals surface area contributed by atoms with Crippen molar-refractivity contribution in [2.45, 2.75) is 25.9 Å². The monoisotopic (exact) mass is 429 g/mol. The van der Waals surface area contributed by atoms with E-state index < -0.39 is 17.8 Å². The molecule has 3 rings (SSSR count). The van der Waals surface area contributed by atoms with Crippen LogP contribution in [-0.2, 0) is 25.7 Å². The van der Waals surface area contributed by atoms with E-state index in [0.717, 1.165) is 37.4 Å². The van der Waals surface area contributed by atoms with Gasteiger partial charge in [-0.15, -0.1) is 0 Å². The molecule has 2 aromatic rings. The van der Waals surface area contributed by atoms with E-state index in [1.807, 2.05) is 6.07 Å². The summed E-state index contributed by atoms with van der Waals surface area (Å²) < 4.78 is 15.4. The molecule has 0 radical (unpaired) electrons. The first-order chi connectivity index (χ1) is 15.1. The van der Waals surface area contributed by atoms with Crippen LogP contribution in [0.5, 0.6) is 0 Å².